The van der Waals surface area contributed by atoms with Gasteiger partial charge in [-0.2, -0.15) is 0 Å². The molecule has 10 rings (SSSR count). The molecule has 0 atom stereocenters. The van der Waals surface area contributed by atoms with Crippen LogP contribution in [0.3, 0.4) is 0 Å². The minimum absolute atomic E-state index is 0.960. The molecule has 63 heavy (non-hydrogen) atoms. The van der Waals surface area contributed by atoms with Crippen LogP contribution in [0.15, 0.2) is 207 Å². The van der Waals surface area contributed by atoms with Crippen LogP contribution in [0.5, 0.6) is 0 Å². The summed E-state index contributed by atoms with van der Waals surface area (Å²) in [6, 6.07) is 68.6. The number of hydrogen-bond donors (Lipinski definition) is 0. The number of thiophene rings is 1. The van der Waals surface area contributed by atoms with E-state index >= 15 is 0 Å². The molecule has 0 bridgehead atoms. The normalized spacial score (nSPS) is 11.9. The van der Waals surface area contributed by atoms with Gasteiger partial charge in [0.2, 0.25) is 0 Å². The maximum absolute atomic E-state index is 4.15. The highest BCUT2D eigenvalue weighted by atomic mass is 32.1. The monoisotopic (exact) mass is 828 g/mol. The molecule has 8 aromatic carbocycles. The van der Waals surface area contributed by atoms with E-state index in [2.05, 4.69) is 243 Å². The average molecular weight is 829 g/mol. The third-order valence-electron chi connectivity index (χ3n) is 12.3. The molecule has 0 radical (unpaired) electrons. The van der Waals surface area contributed by atoms with Crippen LogP contribution < -0.4 is 4.90 Å². The Bertz CT molecular complexity index is 3320. The summed E-state index contributed by atoms with van der Waals surface area (Å²) in [5, 5.41) is 4.92. The quantitative estimate of drug-likeness (QED) is 0.126. The van der Waals surface area contributed by atoms with Gasteiger partial charge in [-0.15, -0.1) is 11.3 Å². The van der Waals surface area contributed by atoms with Crippen LogP contribution in [0.4, 0.5) is 17.1 Å². The Morgan fingerprint density at radius 1 is 0.571 bits per heavy atom. The molecule has 0 N–H and O–H groups in total. The number of benzene rings is 8. The number of allylic oxidation sites excluding steroid dienone is 2. The number of fused-ring (bicyclic) bond motifs is 4. The van der Waals surface area contributed by atoms with E-state index in [-0.39, 0.29) is 0 Å². The van der Waals surface area contributed by atoms with Gasteiger partial charge >= 0.3 is 0 Å². The van der Waals surface area contributed by atoms with Crippen molar-refractivity contribution in [3.63, 3.8) is 0 Å². The number of aromatic nitrogens is 1. The van der Waals surface area contributed by atoms with E-state index in [0.717, 1.165) is 29.2 Å². The van der Waals surface area contributed by atoms with Crippen molar-refractivity contribution in [3.05, 3.63) is 233 Å². The van der Waals surface area contributed by atoms with Crippen LogP contribution in [0, 0.1) is 0 Å². The molecular formula is C60H48N2S. The van der Waals surface area contributed by atoms with Gasteiger partial charge in [0.1, 0.15) is 0 Å². The Hall–Kier alpha value is -7.46. The van der Waals surface area contributed by atoms with Crippen molar-refractivity contribution in [2.45, 2.75) is 27.2 Å². The summed E-state index contributed by atoms with van der Waals surface area (Å²) in [6.07, 6.45) is 9.56. The van der Waals surface area contributed by atoms with E-state index in [1.165, 1.54) is 86.8 Å². The predicted molar refractivity (Wildman–Crippen MR) is 275 cm³/mol. The maximum atomic E-state index is 4.15. The van der Waals surface area contributed by atoms with Crippen LogP contribution in [-0.2, 0) is 6.42 Å². The van der Waals surface area contributed by atoms with Crippen LogP contribution in [0.2, 0.25) is 0 Å². The average Bonchev–Trinajstić information content (AvgIpc) is 3.87. The van der Waals surface area contributed by atoms with Crippen molar-refractivity contribution in [1.82, 2.24) is 4.57 Å². The van der Waals surface area contributed by atoms with Crippen LogP contribution in [0.25, 0.3) is 78.2 Å². The predicted octanol–water partition coefficient (Wildman–Crippen LogP) is 17.5. The molecule has 0 saturated carbocycles. The molecule has 2 aromatic heterocycles. The number of anilines is 3. The fraction of sp³-hybridized carbons (Fsp3) is 0.0667. The van der Waals surface area contributed by atoms with Gasteiger partial charge in [-0.1, -0.05) is 159 Å². The summed E-state index contributed by atoms with van der Waals surface area (Å²) in [7, 11) is 0. The third-order valence-corrected chi connectivity index (χ3v) is 13.6. The topological polar surface area (TPSA) is 8.17 Å². The van der Waals surface area contributed by atoms with E-state index in [4.69, 9.17) is 0 Å². The Morgan fingerprint density at radius 2 is 1.17 bits per heavy atom. The molecule has 0 aliphatic carbocycles. The van der Waals surface area contributed by atoms with Crippen molar-refractivity contribution < 1.29 is 0 Å². The molecule has 0 aliphatic heterocycles. The first-order chi connectivity index (χ1) is 31.1. The Morgan fingerprint density at radius 3 is 1.89 bits per heavy atom. The third kappa shape index (κ3) is 7.31. The largest absolute Gasteiger partial charge is 0.310 e. The highest BCUT2D eigenvalue weighted by molar-refractivity contribution is 7.14. The van der Waals surface area contributed by atoms with Crippen molar-refractivity contribution in [1.29, 1.82) is 0 Å². The highest BCUT2D eigenvalue weighted by Gasteiger charge is 2.20. The minimum atomic E-state index is 0.960. The van der Waals surface area contributed by atoms with Crippen molar-refractivity contribution >= 4 is 78.7 Å². The summed E-state index contributed by atoms with van der Waals surface area (Å²) >= 11 is 1.83. The molecule has 0 fully saturated rings. The van der Waals surface area contributed by atoms with Gasteiger partial charge in [-0.25, -0.2) is 0 Å². The van der Waals surface area contributed by atoms with E-state index in [9.17, 15) is 0 Å². The summed E-state index contributed by atoms with van der Waals surface area (Å²) < 4.78 is 2.39. The van der Waals surface area contributed by atoms with Gasteiger partial charge in [-0.3, -0.25) is 0 Å². The van der Waals surface area contributed by atoms with Gasteiger partial charge < -0.3 is 9.47 Å². The number of para-hydroxylation sites is 1. The molecule has 10 aromatic rings. The van der Waals surface area contributed by atoms with E-state index in [1.807, 2.05) is 17.4 Å². The summed E-state index contributed by atoms with van der Waals surface area (Å²) in [5.41, 5.74) is 16.8. The van der Waals surface area contributed by atoms with Crippen molar-refractivity contribution in [2.24, 2.45) is 0 Å². The van der Waals surface area contributed by atoms with Gasteiger partial charge in [0.25, 0.3) is 0 Å². The van der Waals surface area contributed by atoms with E-state index in [1.54, 1.807) is 0 Å². The lowest BCUT2D eigenvalue weighted by molar-refractivity contribution is 1.14. The zero-order valence-electron chi connectivity index (χ0n) is 35.9. The van der Waals surface area contributed by atoms with Crippen molar-refractivity contribution in [3.8, 4) is 27.9 Å². The molecule has 0 unspecified atom stereocenters. The zero-order chi connectivity index (χ0) is 42.9. The standard InChI is InChI=1S/C60H48N2S/c1-5-16-55-53(7-3)60(63-59(55)8-4)52(6-2)45-28-35-49(36-29-45)61(51-37-27-42-19-12-13-20-46(42)39-51)48-31-25-44(26-32-48)47-30-38-58-56(40-47)54-21-14-15-22-57(54)62(58)50-33-23-43(24-34-50)41-17-10-9-11-18-41/h5-6,8-40H,4,7H2,1-3H3/b16-5-,52-6-. The molecule has 0 saturated heterocycles. The lowest BCUT2D eigenvalue weighted by Gasteiger charge is -2.26. The van der Waals surface area contributed by atoms with E-state index < -0.39 is 0 Å². The summed E-state index contributed by atoms with van der Waals surface area (Å²) in [5.74, 6) is 0. The first kappa shape index (κ1) is 39.7. The van der Waals surface area contributed by atoms with Gasteiger partial charge in [-0.05, 0) is 142 Å². The fourth-order valence-electron chi connectivity index (χ4n) is 9.22. The fourth-order valence-corrected chi connectivity index (χ4v) is 10.5. The Kier molecular flexibility index (Phi) is 10.8. The SMILES string of the molecule is C=Cc1sc(/C(=C\C)c2ccc(N(c3ccc(-c4ccc5c(c4)c4ccccc4n5-c4ccc(-c5ccccc5)cc4)cc3)c3ccc4ccccc4c3)cc2)c(CC)c1/C=C\C. The lowest BCUT2D eigenvalue weighted by atomic mass is 9.96. The summed E-state index contributed by atoms with van der Waals surface area (Å²) in [4.78, 5) is 4.91. The molecule has 304 valence electrons. The second-order valence-corrected chi connectivity index (χ2v) is 17.0. The first-order valence-corrected chi connectivity index (χ1v) is 22.6. The van der Waals surface area contributed by atoms with Crippen molar-refractivity contribution in [2.75, 3.05) is 4.90 Å². The molecule has 3 heteroatoms. The highest BCUT2D eigenvalue weighted by Crippen LogP contribution is 2.42. The van der Waals surface area contributed by atoms with Crippen LogP contribution in [0.1, 0.15) is 47.2 Å². The van der Waals surface area contributed by atoms with Crippen LogP contribution >= 0.6 is 11.3 Å². The maximum Gasteiger partial charge on any atom is 0.0541 e. The smallest absolute Gasteiger partial charge is 0.0541 e. The summed E-state index contributed by atoms with van der Waals surface area (Å²) in [6.45, 7) is 10.6. The molecule has 0 spiro atoms. The number of rotatable bonds is 11. The van der Waals surface area contributed by atoms with Gasteiger partial charge in [0.05, 0.1) is 11.0 Å². The van der Waals surface area contributed by atoms with Gasteiger partial charge in [0.15, 0.2) is 0 Å². The minimum Gasteiger partial charge on any atom is -0.310 e. The second kappa shape index (κ2) is 17.1. The van der Waals surface area contributed by atoms with Crippen LogP contribution in [-0.4, -0.2) is 4.57 Å². The van der Waals surface area contributed by atoms with Gasteiger partial charge in [0, 0.05) is 43.3 Å². The Labute approximate surface area is 374 Å². The Balaban J connectivity index is 1.01. The number of nitrogens with zero attached hydrogens (tertiary/aromatic N) is 2. The number of hydrogen-bond acceptors (Lipinski definition) is 2. The zero-order valence-corrected chi connectivity index (χ0v) is 36.7. The lowest BCUT2D eigenvalue weighted by Crippen LogP contribution is -2.10. The molecular weight excluding hydrogens is 781 g/mol. The molecule has 0 amide bonds. The molecule has 2 nitrogen and oxygen atoms in total. The second-order valence-electron chi connectivity index (χ2n) is 15.9. The molecule has 0 aliphatic rings. The first-order valence-electron chi connectivity index (χ1n) is 21.8. The van der Waals surface area contributed by atoms with E-state index in [0.29, 0.717) is 0 Å². The molecule has 2 heterocycles.